The van der Waals surface area contributed by atoms with Gasteiger partial charge in [-0.25, -0.2) is 8.78 Å². The molecule has 0 radical (unpaired) electrons. The largest absolute Gasteiger partial charge is 0.375 e. The lowest BCUT2D eigenvalue weighted by molar-refractivity contribution is -0.114. The van der Waals surface area contributed by atoms with Gasteiger partial charge < -0.3 is 10.6 Å². The van der Waals surface area contributed by atoms with Gasteiger partial charge in [-0.05, 0) is 36.4 Å². The number of amides is 1. The van der Waals surface area contributed by atoms with Crippen LogP contribution in [0.3, 0.4) is 0 Å². The fourth-order valence-corrected chi connectivity index (χ4v) is 2.00. The van der Waals surface area contributed by atoms with Crippen molar-refractivity contribution in [3.05, 3.63) is 58.1 Å². The van der Waals surface area contributed by atoms with Crippen LogP contribution in [0, 0.1) is 11.6 Å². The minimum atomic E-state index is -0.590. The van der Waals surface area contributed by atoms with E-state index in [1.807, 2.05) is 0 Å². The molecular formula is C14H10Cl2F2N2O. The molecule has 0 unspecified atom stereocenters. The summed E-state index contributed by atoms with van der Waals surface area (Å²) in [6.45, 7) is -0.155. The summed E-state index contributed by atoms with van der Waals surface area (Å²) in [7, 11) is 0. The average Bonchev–Trinajstić information content (AvgIpc) is 2.42. The van der Waals surface area contributed by atoms with Gasteiger partial charge in [-0.1, -0.05) is 23.2 Å². The van der Waals surface area contributed by atoms with E-state index in [0.717, 1.165) is 12.1 Å². The molecule has 0 spiro atoms. The Hall–Kier alpha value is -1.85. The second-order valence-corrected chi connectivity index (χ2v) is 4.99. The van der Waals surface area contributed by atoms with Gasteiger partial charge in [0.15, 0.2) is 0 Å². The highest BCUT2D eigenvalue weighted by molar-refractivity contribution is 6.33. The van der Waals surface area contributed by atoms with Crippen molar-refractivity contribution in [3.63, 3.8) is 0 Å². The van der Waals surface area contributed by atoms with Crippen molar-refractivity contribution >= 4 is 40.5 Å². The predicted octanol–water partition coefficient (Wildman–Crippen LogP) is 4.32. The third kappa shape index (κ3) is 4.31. The normalized spacial score (nSPS) is 10.3. The maximum Gasteiger partial charge on any atom is 0.243 e. The van der Waals surface area contributed by atoms with Crippen molar-refractivity contribution in [1.82, 2.24) is 0 Å². The summed E-state index contributed by atoms with van der Waals surface area (Å²) in [5, 5.41) is 5.56. The predicted molar refractivity (Wildman–Crippen MR) is 79.9 cm³/mol. The molecular weight excluding hydrogens is 321 g/mol. The zero-order valence-corrected chi connectivity index (χ0v) is 12.1. The van der Waals surface area contributed by atoms with E-state index >= 15 is 0 Å². The molecule has 2 aromatic rings. The van der Waals surface area contributed by atoms with E-state index in [0.29, 0.717) is 10.7 Å². The molecule has 0 saturated heterocycles. The maximum atomic E-state index is 13.4. The number of carbonyl (C=O) groups excluding carboxylic acids is 1. The van der Waals surface area contributed by atoms with Gasteiger partial charge in [-0.15, -0.1) is 0 Å². The van der Waals surface area contributed by atoms with Crippen molar-refractivity contribution in [1.29, 1.82) is 0 Å². The Kier molecular flexibility index (Phi) is 4.98. The van der Waals surface area contributed by atoms with Gasteiger partial charge in [0.2, 0.25) is 5.91 Å². The zero-order valence-electron chi connectivity index (χ0n) is 10.6. The average molecular weight is 331 g/mol. The standard InChI is InChI=1S/C14H10Cl2F2N2O/c15-8-1-3-11(18)13(5-8)20-14(21)7-19-12-4-2-9(17)6-10(12)16/h1-6,19H,7H2,(H,20,21). The van der Waals surface area contributed by atoms with Crippen LogP contribution in [0.25, 0.3) is 0 Å². The van der Waals surface area contributed by atoms with Gasteiger partial charge in [0.25, 0.3) is 0 Å². The van der Waals surface area contributed by atoms with Crippen molar-refractivity contribution in [2.24, 2.45) is 0 Å². The topological polar surface area (TPSA) is 41.1 Å². The smallest absolute Gasteiger partial charge is 0.243 e. The van der Waals surface area contributed by atoms with E-state index in [2.05, 4.69) is 10.6 Å². The Morgan fingerprint density at radius 1 is 1.05 bits per heavy atom. The number of nitrogens with one attached hydrogen (secondary N) is 2. The first-order valence-electron chi connectivity index (χ1n) is 5.89. The Morgan fingerprint density at radius 2 is 1.81 bits per heavy atom. The minimum absolute atomic E-state index is 0.0143. The molecule has 0 bridgehead atoms. The van der Waals surface area contributed by atoms with Crippen LogP contribution in [-0.2, 0) is 4.79 Å². The molecule has 0 aliphatic heterocycles. The van der Waals surface area contributed by atoms with Crippen LogP contribution in [0.4, 0.5) is 20.2 Å². The second-order valence-electron chi connectivity index (χ2n) is 4.15. The van der Waals surface area contributed by atoms with E-state index in [1.165, 1.54) is 24.3 Å². The fraction of sp³-hybridized carbons (Fsp3) is 0.0714. The van der Waals surface area contributed by atoms with E-state index < -0.39 is 17.5 Å². The molecule has 0 saturated carbocycles. The quantitative estimate of drug-likeness (QED) is 0.876. The molecule has 2 rings (SSSR count). The molecule has 110 valence electrons. The molecule has 0 aromatic heterocycles. The summed E-state index contributed by atoms with van der Waals surface area (Å²) in [4.78, 5) is 11.7. The van der Waals surface area contributed by atoms with E-state index in [-0.39, 0.29) is 17.3 Å². The number of hydrogen-bond acceptors (Lipinski definition) is 2. The number of benzene rings is 2. The monoisotopic (exact) mass is 330 g/mol. The highest BCUT2D eigenvalue weighted by Crippen LogP contribution is 2.22. The molecule has 3 nitrogen and oxygen atoms in total. The van der Waals surface area contributed by atoms with Crippen molar-refractivity contribution in [2.75, 3.05) is 17.2 Å². The lowest BCUT2D eigenvalue weighted by atomic mass is 10.3. The van der Waals surface area contributed by atoms with Crippen molar-refractivity contribution < 1.29 is 13.6 Å². The van der Waals surface area contributed by atoms with Crippen LogP contribution in [0.5, 0.6) is 0 Å². The molecule has 0 heterocycles. The zero-order chi connectivity index (χ0) is 15.4. The third-order valence-corrected chi connectivity index (χ3v) is 3.12. The molecule has 2 N–H and O–H groups in total. The van der Waals surface area contributed by atoms with Gasteiger partial charge in [0.1, 0.15) is 11.6 Å². The van der Waals surface area contributed by atoms with Crippen molar-refractivity contribution in [2.45, 2.75) is 0 Å². The molecule has 0 atom stereocenters. The Balaban J connectivity index is 1.97. The summed E-state index contributed by atoms with van der Waals surface area (Å²) in [5.74, 6) is -1.56. The van der Waals surface area contributed by atoms with Crippen molar-refractivity contribution in [3.8, 4) is 0 Å². The number of hydrogen-bond donors (Lipinski definition) is 2. The van der Waals surface area contributed by atoms with Crippen LogP contribution >= 0.6 is 23.2 Å². The minimum Gasteiger partial charge on any atom is -0.375 e. The SMILES string of the molecule is O=C(CNc1ccc(F)cc1Cl)Nc1cc(Cl)ccc1F. The molecule has 0 fully saturated rings. The Bertz CT molecular complexity index is 680. The summed E-state index contributed by atoms with van der Waals surface area (Å²) >= 11 is 11.5. The van der Waals surface area contributed by atoms with Gasteiger partial charge in [0, 0.05) is 5.02 Å². The van der Waals surface area contributed by atoms with Gasteiger partial charge >= 0.3 is 0 Å². The number of carbonyl (C=O) groups is 1. The lowest BCUT2D eigenvalue weighted by Gasteiger charge is -2.10. The van der Waals surface area contributed by atoms with Crippen LogP contribution < -0.4 is 10.6 Å². The molecule has 21 heavy (non-hydrogen) atoms. The van der Waals surface area contributed by atoms with Crippen LogP contribution in [0.1, 0.15) is 0 Å². The molecule has 0 aliphatic carbocycles. The van der Waals surface area contributed by atoms with E-state index in [4.69, 9.17) is 23.2 Å². The Morgan fingerprint density at radius 3 is 2.52 bits per heavy atom. The summed E-state index contributed by atoms with van der Waals surface area (Å²) in [5.41, 5.74) is 0.388. The first-order chi connectivity index (χ1) is 9.95. The van der Waals surface area contributed by atoms with Gasteiger partial charge in [-0.2, -0.15) is 0 Å². The molecule has 1 amide bonds. The molecule has 2 aromatic carbocycles. The van der Waals surface area contributed by atoms with E-state index in [9.17, 15) is 13.6 Å². The number of anilines is 2. The highest BCUT2D eigenvalue weighted by Gasteiger charge is 2.09. The molecule has 0 aliphatic rings. The summed E-state index contributed by atoms with van der Waals surface area (Å²) < 4.78 is 26.3. The second kappa shape index (κ2) is 6.74. The van der Waals surface area contributed by atoms with Crippen LogP contribution in [0.15, 0.2) is 36.4 Å². The first kappa shape index (κ1) is 15.5. The molecule has 7 heteroatoms. The van der Waals surface area contributed by atoms with Gasteiger partial charge in [0.05, 0.1) is 22.9 Å². The number of rotatable bonds is 4. The van der Waals surface area contributed by atoms with Gasteiger partial charge in [-0.3, -0.25) is 4.79 Å². The van der Waals surface area contributed by atoms with Crippen LogP contribution in [-0.4, -0.2) is 12.5 Å². The number of halogens is 4. The van der Waals surface area contributed by atoms with E-state index in [1.54, 1.807) is 0 Å². The van der Waals surface area contributed by atoms with Crippen LogP contribution in [0.2, 0.25) is 10.0 Å². The third-order valence-electron chi connectivity index (χ3n) is 2.57. The first-order valence-corrected chi connectivity index (χ1v) is 6.65. The fourth-order valence-electron chi connectivity index (χ4n) is 1.60. The maximum absolute atomic E-state index is 13.4. The lowest BCUT2D eigenvalue weighted by Crippen LogP contribution is -2.22. The Labute approximate surface area is 129 Å². The summed E-state index contributed by atoms with van der Waals surface area (Å²) in [6.07, 6.45) is 0. The summed E-state index contributed by atoms with van der Waals surface area (Å²) in [6, 6.07) is 7.58. The highest BCUT2D eigenvalue weighted by atomic mass is 35.5.